The van der Waals surface area contributed by atoms with Gasteiger partial charge in [-0.1, -0.05) is 38.1 Å². The summed E-state index contributed by atoms with van der Waals surface area (Å²) in [6, 6.07) is 6.69. The van der Waals surface area contributed by atoms with E-state index in [0.717, 1.165) is 21.7 Å². The maximum atomic E-state index is 13.0. The number of thiazole rings is 1. The highest BCUT2D eigenvalue weighted by molar-refractivity contribution is 7.13. The maximum Gasteiger partial charge on any atom is 0.405 e. The van der Waals surface area contributed by atoms with Crippen molar-refractivity contribution in [3.63, 3.8) is 0 Å². The molecule has 3 rings (SSSR count). The number of carbonyl (C=O) groups is 3. The molecule has 4 atom stereocenters. The number of nitrogens with one attached hydrogen (secondary N) is 1. The summed E-state index contributed by atoms with van der Waals surface area (Å²) < 4.78 is 4.98. The van der Waals surface area contributed by atoms with E-state index >= 15 is 0 Å². The third kappa shape index (κ3) is 5.69. The largest absolute Gasteiger partial charge is 0.436 e. The van der Waals surface area contributed by atoms with Crippen molar-refractivity contribution in [2.75, 3.05) is 6.54 Å². The first-order chi connectivity index (χ1) is 15.6. The number of likely N-dealkylation sites (tertiary alicyclic amines) is 1. The van der Waals surface area contributed by atoms with Crippen molar-refractivity contribution in [1.82, 2.24) is 15.2 Å². The van der Waals surface area contributed by atoms with Gasteiger partial charge in [-0.3, -0.25) is 9.59 Å². The van der Waals surface area contributed by atoms with E-state index < -0.39 is 30.3 Å². The van der Waals surface area contributed by atoms with Crippen molar-refractivity contribution in [3.8, 4) is 10.4 Å². The molecule has 33 heavy (non-hydrogen) atoms. The Morgan fingerprint density at radius 1 is 1.24 bits per heavy atom. The van der Waals surface area contributed by atoms with E-state index in [1.54, 1.807) is 25.2 Å². The molecule has 2 heterocycles. The minimum Gasteiger partial charge on any atom is -0.436 e. The fraction of sp³-hybridized carbons (Fsp3) is 0.478. The van der Waals surface area contributed by atoms with Crippen molar-refractivity contribution >= 4 is 29.2 Å². The van der Waals surface area contributed by atoms with Gasteiger partial charge in [0.15, 0.2) is 6.10 Å². The number of ether oxygens (including phenoxy) is 1. The first kappa shape index (κ1) is 24.7. The Labute approximate surface area is 196 Å². The van der Waals surface area contributed by atoms with E-state index in [9.17, 15) is 19.5 Å². The van der Waals surface area contributed by atoms with Crippen molar-refractivity contribution in [2.45, 2.75) is 58.4 Å². The van der Waals surface area contributed by atoms with Gasteiger partial charge in [0.1, 0.15) is 6.04 Å². The van der Waals surface area contributed by atoms with Crippen LogP contribution in [0.15, 0.2) is 29.8 Å². The van der Waals surface area contributed by atoms with Crippen LogP contribution in [0, 0.1) is 12.8 Å². The van der Waals surface area contributed by atoms with Crippen LogP contribution in [-0.2, 0) is 14.3 Å². The van der Waals surface area contributed by atoms with Gasteiger partial charge in [-0.15, -0.1) is 11.3 Å². The Kier molecular flexibility index (Phi) is 7.70. The summed E-state index contributed by atoms with van der Waals surface area (Å²) in [5.74, 6) is -1.26. The standard InChI is InChI=1S/C23H30N4O5S/c1-12(2)19(32-23(24)31)22(30)27-10-17(28)9-18(27)21(29)26-13(3)15-5-7-16(8-6-15)20-14(4)25-11-33-20/h5-8,11-13,17-19,28H,9-10H2,1-4H3,(H2,24,31)(H,26,29)/t13-,17+,18-,19?/m0/s1. The summed E-state index contributed by atoms with van der Waals surface area (Å²) in [5.41, 5.74) is 9.85. The first-order valence-corrected chi connectivity index (χ1v) is 11.7. The highest BCUT2D eigenvalue weighted by Crippen LogP contribution is 2.28. The van der Waals surface area contributed by atoms with E-state index in [-0.39, 0.29) is 30.8 Å². The van der Waals surface area contributed by atoms with E-state index in [0.29, 0.717) is 0 Å². The predicted molar refractivity (Wildman–Crippen MR) is 124 cm³/mol. The number of nitrogens with two attached hydrogens (primary N) is 1. The fourth-order valence-electron chi connectivity index (χ4n) is 3.96. The number of aliphatic hydroxyl groups is 1. The van der Waals surface area contributed by atoms with Gasteiger partial charge in [0, 0.05) is 13.0 Å². The molecule has 1 unspecified atom stereocenters. The van der Waals surface area contributed by atoms with Gasteiger partial charge in [-0.25, -0.2) is 9.78 Å². The van der Waals surface area contributed by atoms with Gasteiger partial charge < -0.3 is 25.8 Å². The van der Waals surface area contributed by atoms with Crippen LogP contribution in [0.2, 0.25) is 0 Å². The fourth-order valence-corrected chi connectivity index (χ4v) is 4.77. The Hall–Kier alpha value is -2.98. The molecular weight excluding hydrogens is 444 g/mol. The van der Waals surface area contributed by atoms with Gasteiger partial charge in [-0.2, -0.15) is 0 Å². The van der Waals surface area contributed by atoms with Crippen LogP contribution in [0.25, 0.3) is 10.4 Å². The summed E-state index contributed by atoms with van der Waals surface area (Å²) >= 11 is 1.57. The predicted octanol–water partition coefficient (Wildman–Crippen LogP) is 2.38. The molecule has 1 saturated heterocycles. The van der Waals surface area contributed by atoms with E-state index in [1.165, 1.54) is 4.90 Å². The third-order valence-electron chi connectivity index (χ3n) is 5.73. The molecule has 4 N–H and O–H groups in total. The lowest BCUT2D eigenvalue weighted by molar-refractivity contribution is -0.147. The van der Waals surface area contributed by atoms with E-state index in [4.69, 9.17) is 10.5 Å². The number of rotatable bonds is 7. The molecule has 0 spiro atoms. The molecule has 2 aromatic rings. The number of carbonyl (C=O) groups excluding carboxylic acids is 3. The Morgan fingerprint density at radius 2 is 1.91 bits per heavy atom. The molecule has 1 aliphatic rings. The minimum atomic E-state index is -1.12. The number of primary amides is 1. The van der Waals surface area contributed by atoms with Crippen LogP contribution in [0.5, 0.6) is 0 Å². The average molecular weight is 475 g/mol. The highest BCUT2D eigenvalue weighted by atomic mass is 32.1. The highest BCUT2D eigenvalue weighted by Gasteiger charge is 2.43. The lowest BCUT2D eigenvalue weighted by Gasteiger charge is -2.29. The van der Waals surface area contributed by atoms with E-state index in [1.807, 2.05) is 43.6 Å². The number of hydrogen-bond acceptors (Lipinski definition) is 7. The smallest absolute Gasteiger partial charge is 0.405 e. The van der Waals surface area contributed by atoms with Gasteiger partial charge in [0.25, 0.3) is 5.91 Å². The van der Waals surface area contributed by atoms with Crippen LogP contribution in [-0.4, -0.2) is 57.7 Å². The van der Waals surface area contributed by atoms with Crippen LogP contribution < -0.4 is 11.1 Å². The lowest BCUT2D eigenvalue weighted by atomic mass is 10.0. The molecule has 1 aromatic heterocycles. The average Bonchev–Trinajstić information content (AvgIpc) is 3.36. The summed E-state index contributed by atoms with van der Waals surface area (Å²) in [6.07, 6.45) is -2.92. The number of nitrogens with zero attached hydrogens (tertiary/aromatic N) is 2. The topological polar surface area (TPSA) is 135 Å². The van der Waals surface area contributed by atoms with Gasteiger partial charge in [0.2, 0.25) is 5.91 Å². The second kappa shape index (κ2) is 10.3. The number of benzene rings is 1. The van der Waals surface area contributed by atoms with E-state index in [2.05, 4.69) is 10.3 Å². The molecule has 1 aliphatic heterocycles. The molecule has 0 bridgehead atoms. The molecule has 3 amide bonds. The number of aryl methyl sites for hydroxylation is 1. The van der Waals surface area contributed by atoms with Crippen LogP contribution in [0.4, 0.5) is 4.79 Å². The lowest BCUT2D eigenvalue weighted by Crippen LogP contribution is -2.51. The molecular formula is C23H30N4O5S. The number of β-amino-alcohol motifs (C(OH)–C–C–N with tert-alkyl or cyclic N) is 1. The Balaban J connectivity index is 1.70. The normalized spacial score (nSPS) is 19.9. The van der Waals surface area contributed by atoms with Crippen molar-refractivity contribution < 1.29 is 24.2 Å². The molecule has 0 aliphatic carbocycles. The number of aliphatic hydroxyl groups excluding tert-OH is 1. The number of hydrogen-bond donors (Lipinski definition) is 3. The zero-order valence-corrected chi connectivity index (χ0v) is 20.0. The maximum absolute atomic E-state index is 13.0. The van der Waals surface area contributed by atoms with Crippen molar-refractivity contribution in [3.05, 3.63) is 41.0 Å². The zero-order chi connectivity index (χ0) is 24.3. The van der Waals surface area contributed by atoms with Gasteiger partial charge >= 0.3 is 6.09 Å². The second-order valence-electron chi connectivity index (χ2n) is 8.62. The van der Waals surface area contributed by atoms with Gasteiger partial charge in [0.05, 0.1) is 28.2 Å². The zero-order valence-electron chi connectivity index (χ0n) is 19.1. The van der Waals surface area contributed by atoms with Crippen LogP contribution >= 0.6 is 11.3 Å². The SMILES string of the molecule is Cc1ncsc1-c1ccc([C@H](C)NC(=O)[C@@H]2C[C@@H](O)CN2C(=O)C(OC(N)=O)C(C)C)cc1. The molecule has 0 radical (unpaired) electrons. The molecule has 1 aromatic carbocycles. The van der Waals surface area contributed by atoms with Crippen LogP contribution in [0.1, 0.15) is 44.5 Å². The van der Waals surface area contributed by atoms with Crippen molar-refractivity contribution in [1.29, 1.82) is 0 Å². The summed E-state index contributed by atoms with van der Waals surface area (Å²) in [7, 11) is 0. The minimum absolute atomic E-state index is 0.0143. The summed E-state index contributed by atoms with van der Waals surface area (Å²) in [6.45, 7) is 7.23. The molecule has 0 saturated carbocycles. The summed E-state index contributed by atoms with van der Waals surface area (Å²) in [4.78, 5) is 43.9. The van der Waals surface area contributed by atoms with Gasteiger partial charge in [-0.05, 0) is 30.9 Å². The Bertz CT molecular complexity index is 1010. The Morgan fingerprint density at radius 3 is 2.45 bits per heavy atom. The quantitative estimate of drug-likeness (QED) is 0.564. The second-order valence-corrected chi connectivity index (χ2v) is 9.47. The number of amides is 3. The summed E-state index contributed by atoms with van der Waals surface area (Å²) in [5, 5.41) is 13.1. The molecule has 9 nitrogen and oxygen atoms in total. The third-order valence-corrected chi connectivity index (χ3v) is 6.71. The van der Waals surface area contributed by atoms with Crippen molar-refractivity contribution in [2.24, 2.45) is 11.7 Å². The molecule has 10 heteroatoms. The first-order valence-electron chi connectivity index (χ1n) is 10.8. The molecule has 1 fully saturated rings. The monoisotopic (exact) mass is 474 g/mol. The number of aromatic nitrogens is 1. The molecule has 178 valence electrons. The van der Waals surface area contributed by atoms with Crippen LogP contribution in [0.3, 0.4) is 0 Å².